The van der Waals surface area contributed by atoms with Gasteiger partial charge in [-0.05, 0) is 65.3 Å². The van der Waals surface area contributed by atoms with E-state index >= 15 is 0 Å². The Morgan fingerprint density at radius 2 is 1.89 bits per heavy atom. The number of aromatic nitrogens is 4. The Kier molecular flexibility index (Phi) is 6.62. The molecule has 3 aromatic heterocycles. The molecule has 194 valence electrons. The van der Waals surface area contributed by atoms with Gasteiger partial charge in [-0.2, -0.15) is 0 Å². The van der Waals surface area contributed by atoms with Crippen molar-refractivity contribution in [2.24, 2.45) is 0 Å². The van der Waals surface area contributed by atoms with Crippen LogP contribution in [0.4, 0.5) is 4.79 Å². The Morgan fingerprint density at radius 1 is 1.11 bits per heavy atom. The number of ether oxygens (including phenoxy) is 2. The predicted octanol–water partition coefficient (Wildman–Crippen LogP) is 5.51. The number of rotatable bonds is 2. The quantitative estimate of drug-likeness (QED) is 0.356. The van der Waals surface area contributed by atoms with Crippen LogP contribution in [0.5, 0.6) is 5.75 Å². The normalized spacial score (nSPS) is 16.8. The number of pyridine rings is 1. The van der Waals surface area contributed by atoms with Crippen molar-refractivity contribution in [2.75, 3.05) is 19.7 Å². The molecule has 0 aliphatic carbocycles. The molecule has 1 unspecified atom stereocenters. The van der Waals surface area contributed by atoms with Gasteiger partial charge in [0, 0.05) is 37.0 Å². The standard InChI is InChI=1S/C23H28N4O4.C5H5N/c1-13-18(14(2)31-25-13)16-6-7-17-19-20(16)29-11-10-27(19)21(24-17)15-8-9-26(12-15)22(28)30-23(3,4)5;1-2-4-6-5-3-1/h6-7,15H,8-12H2,1-5H3;1-5H. The first-order valence-electron chi connectivity index (χ1n) is 12.6. The van der Waals surface area contributed by atoms with Gasteiger partial charge >= 0.3 is 6.09 Å². The molecule has 1 amide bonds. The van der Waals surface area contributed by atoms with E-state index in [-0.39, 0.29) is 12.0 Å². The van der Waals surface area contributed by atoms with Crippen LogP contribution >= 0.6 is 0 Å². The summed E-state index contributed by atoms with van der Waals surface area (Å²) in [4.78, 5) is 23.1. The van der Waals surface area contributed by atoms with Crippen LogP contribution in [0.1, 0.15) is 50.4 Å². The topological polar surface area (TPSA) is 95.5 Å². The van der Waals surface area contributed by atoms with E-state index in [4.69, 9.17) is 19.0 Å². The molecule has 1 saturated heterocycles. The van der Waals surface area contributed by atoms with Gasteiger partial charge in [-0.15, -0.1) is 0 Å². The van der Waals surface area contributed by atoms with Crippen LogP contribution in [-0.4, -0.2) is 56.0 Å². The molecule has 0 radical (unpaired) electrons. The molecule has 9 heteroatoms. The zero-order valence-corrected chi connectivity index (χ0v) is 22.0. The molecule has 1 aromatic carbocycles. The van der Waals surface area contributed by atoms with E-state index < -0.39 is 5.60 Å². The molecule has 9 nitrogen and oxygen atoms in total. The third kappa shape index (κ3) is 5.03. The molecule has 37 heavy (non-hydrogen) atoms. The van der Waals surface area contributed by atoms with Crippen molar-refractivity contribution < 1.29 is 18.8 Å². The summed E-state index contributed by atoms with van der Waals surface area (Å²) < 4.78 is 19.3. The summed E-state index contributed by atoms with van der Waals surface area (Å²) >= 11 is 0. The SMILES string of the molecule is Cc1noc(C)c1-c1ccc2nc(C3CCN(C(=O)OC(C)(C)C)C3)n3c2c1OCC3.c1ccncc1. The highest BCUT2D eigenvalue weighted by Gasteiger charge is 2.35. The molecule has 1 atom stereocenters. The smallest absolute Gasteiger partial charge is 0.410 e. The molecular weight excluding hydrogens is 470 g/mol. The lowest BCUT2D eigenvalue weighted by molar-refractivity contribution is 0.0292. The number of carbonyl (C=O) groups is 1. The van der Waals surface area contributed by atoms with Crippen molar-refractivity contribution in [1.29, 1.82) is 0 Å². The molecule has 0 saturated carbocycles. The van der Waals surface area contributed by atoms with Crippen molar-refractivity contribution in [3.05, 3.63) is 60.0 Å². The number of nitrogens with zero attached hydrogens (tertiary/aromatic N) is 5. The molecule has 2 aliphatic heterocycles. The lowest BCUT2D eigenvalue weighted by atomic mass is 10.0. The average Bonchev–Trinajstić information content (AvgIpc) is 3.59. The van der Waals surface area contributed by atoms with Crippen LogP contribution in [0.2, 0.25) is 0 Å². The van der Waals surface area contributed by atoms with Gasteiger partial charge in [0.25, 0.3) is 0 Å². The van der Waals surface area contributed by atoms with Gasteiger partial charge in [0.1, 0.15) is 29.3 Å². The number of carbonyl (C=O) groups excluding carboxylic acids is 1. The first kappa shape index (κ1) is 24.8. The maximum Gasteiger partial charge on any atom is 0.410 e. The Bertz CT molecular complexity index is 1360. The molecule has 0 bridgehead atoms. The average molecular weight is 504 g/mol. The van der Waals surface area contributed by atoms with E-state index in [9.17, 15) is 4.79 Å². The number of hydrogen-bond acceptors (Lipinski definition) is 7. The lowest BCUT2D eigenvalue weighted by Crippen LogP contribution is -2.35. The number of likely N-dealkylation sites (tertiary alicyclic amines) is 1. The van der Waals surface area contributed by atoms with Gasteiger partial charge in [0.2, 0.25) is 0 Å². The van der Waals surface area contributed by atoms with Gasteiger partial charge in [-0.1, -0.05) is 11.2 Å². The third-order valence-electron chi connectivity index (χ3n) is 6.53. The number of benzene rings is 1. The highest BCUT2D eigenvalue weighted by Crippen LogP contribution is 2.43. The lowest BCUT2D eigenvalue weighted by Gasteiger charge is -2.24. The van der Waals surface area contributed by atoms with Gasteiger partial charge < -0.3 is 23.5 Å². The summed E-state index contributed by atoms with van der Waals surface area (Å²) in [5, 5.41) is 4.10. The van der Waals surface area contributed by atoms with Gasteiger partial charge in [-0.3, -0.25) is 4.98 Å². The van der Waals surface area contributed by atoms with Gasteiger partial charge in [0.15, 0.2) is 5.75 Å². The number of imidazole rings is 1. The first-order chi connectivity index (χ1) is 17.7. The minimum absolute atomic E-state index is 0.174. The summed E-state index contributed by atoms with van der Waals surface area (Å²) in [5.41, 5.74) is 4.23. The number of hydrogen-bond donors (Lipinski definition) is 0. The Hall–Kier alpha value is -3.88. The fourth-order valence-electron chi connectivity index (χ4n) is 4.97. The van der Waals surface area contributed by atoms with Crippen LogP contribution in [0.15, 0.2) is 47.2 Å². The minimum atomic E-state index is -0.496. The van der Waals surface area contributed by atoms with E-state index in [1.807, 2.05) is 65.0 Å². The van der Waals surface area contributed by atoms with Crippen LogP contribution in [0.25, 0.3) is 22.2 Å². The van der Waals surface area contributed by atoms with E-state index in [1.165, 1.54) is 0 Å². The molecule has 1 fully saturated rings. The molecule has 5 heterocycles. The zero-order valence-electron chi connectivity index (χ0n) is 22.0. The summed E-state index contributed by atoms with van der Waals surface area (Å²) in [6.07, 6.45) is 4.12. The Balaban J connectivity index is 0.000000412. The van der Waals surface area contributed by atoms with Crippen molar-refractivity contribution in [3.63, 3.8) is 0 Å². The van der Waals surface area contributed by atoms with Crippen LogP contribution < -0.4 is 4.74 Å². The third-order valence-corrected chi connectivity index (χ3v) is 6.53. The molecule has 6 rings (SSSR count). The van der Waals surface area contributed by atoms with E-state index in [0.29, 0.717) is 19.7 Å². The van der Waals surface area contributed by atoms with Gasteiger partial charge in [0.05, 0.1) is 23.3 Å². The largest absolute Gasteiger partial charge is 0.489 e. The highest BCUT2D eigenvalue weighted by molar-refractivity contribution is 5.92. The number of aryl methyl sites for hydroxylation is 2. The summed E-state index contributed by atoms with van der Waals surface area (Å²) in [6, 6.07) is 9.79. The highest BCUT2D eigenvalue weighted by atomic mass is 16.6. The molecule has 0 spiro atoms. The fourth-order valence-corrected chi connectivity index (χ4v) is 4.97. The summed E-state index contributed by atoms with van der Waals surface area (Å²) in [6.45, 7) is 12.1. The minimum Gasteiger partial charge on any atom is -0.489 e. The van der Waals surface area contributed by atoms with E-state index in [1.54, 1.807) is 17.3 Å². The Morgan fingerprint density at radius 3 is 2.51 bits per heavy atom. The summed E-state index contributed by atoms with van der Waals surface area (Å²) in [7, 11) is 0. The molecule has 2 aliphatic rings. The van der Waals surface area contributed by atoms with Crippen molar-refractivity contribution in [1.82, 2.24) is 24.6 Å². The fraction of sp³-hybridized carbons (Fsp3) is 0.429. The molecular formula is C28H33N5O4. The van der Waals surface area contributed by atoms with E-state index in [0.717, 1.165) is 58.2 Å². The van der Waals surface area contributed by atoms with E-state index in [2.05, 4.69) is 14.7 Å². The molecule has 0 N–H and O–H groups in total. The zero-order chi connectivity index (χ0) is 26.2. The maximum absolute atomic E-state index is 12.5. The van der Waals surface area contributed by atoms with Gasteiger partial charge in [-0.25, -0.2) is 9.78 Å². The number of amides is 1. The second-order valence-electron chi connectivity index (χ2n) is 10.4. The van der Waals surface area contributed by atoms with Crippen LogP contribution in [0, 0.1) is 13.8 Å². The summed E-state index contributed by atoms with van der Waals surface area (Å²) in [5.74, 6) is 2.80. The van der Waals surface area contributed by atoms with Crippen molar-refractivity contribution >= 4 is 17.1 Å². The van der Waals surface area contributed by atoms with Crippen molar-refractivity contribution in [2.45, 2.75) is 59.1 Å². The maximum atomic E-state index is 12.5. The Labute approximate surface area is 216 Å². The van der Waals surface area contributed by atoms with Crippen LogP contribution in [0.3, 0.4) is 0 Å². The second-order valence-corrected chi connectivity index (χ2v) is 10.4. The molecule has 4 aromatic rings. The monoisotopic (exact) mass is 503 g/mol. The van der Waals surface area contributed by atoms with Crippen molar-refractivity contribution in [3.8, 4) is 16.9 Å². The second kappa shape index (κ2) is 9.88. The first-order valence-corrected chi connectivity index (χ1v) is 12.6. The van der Waals surface area contributed by atoms with Crippen LogP contribution in [-0.2, 0) is 11.3 Å². The predicted molar refractivity (Wildman–Crippen MR) is 140 cm³/mol.